The number of rotatable bonds is 5. The van der Waals surface area contributed by atoms with Gasteiger partial charge in [-0.3, -0.25) is 0 Å². The lowest BCUT2D eigenvalue weighted by Crippen LogP contribution is -2.50. The van der Waals surface area contributed by atoms with Gasteiger partial charge in [-0.05, 0) is 104 Å². The largest absolute Gasteiger partial charge is 0.0845 e. The highest BCUT2D eigenvalue weighted by Crippen LogP contribution is 2.67. The minimum absolute atomic E-state index is 0.553. The van der Waals surface area contributed by atoms with E-state index in [9.17, 15) is 0 Å². The molecule has 4 aliphatic carbocycles. The molecular weight excluding hydrogens is 336 g/mol. The molecule has 0 aromatic carbocycles. The van der Waals surface area contributed by atoms with Crippen molar-refractivity contribution in [2.24, 2.45) is 52.3 Å². The molecule has 0 aromatic rings. The van der Waals surface area contributed by atoms with E-state index in [1.54, 1.807) is 0 Å². The molecule has 0 bridgehead atoms. The van der Waals surface area contributed by atoms with Crippen molar-refractivity contribution in [3.8, 4) is 0 Å². The summed E-state index contributed by atoms with van der Waals surface area (Å²) in [5.74, 6) is 6.73. The summed E-state index contributed by atoms with van der Waals surface area (Å²) in [6, 6.07) is 0. The fourth-order valence-electron chi connectivity index (χ4n) is 8.87. The minimum atomic E-state index is 0.553. The number of allylic oxidation sites excluding steroid dienone is 2. The molecule has 4 rings (SSSR count). The van der Waals surface area contributed by atoms with Crippen LogP contribution in [0.3, 0.4) is 0 Å². The highest BCUT2D eigenvalue weighted by molar-refractivity contribution is 5.25. The van der Waals surface area contributed by atoms with Gasteiger partial charge in [0.05, 0.1) is 0 Å². The van der Waals surface area contributed by atoms with Gasteiger partial charge >= 0.3 is 0 Å². The van der Waals surface area contributed by atoms with Gasteiger partial charge in [-0.1, -0.05) is 72.5 Å². The first-order chi connectivity index (χ1) is 13.3. The Hall–Kier alpha value is -0.260. The third-order valence-corrected chi connectivity index (χ3v) is 10.6. The Kier molecular flexibility index (Phi) is 5.83. The summed E-state index contributed by atoms with van der Waals surface area (Å²) >= 11 is 0. The van der Waals surface area contributed by atoms with Crippen molar-refractivity contribution in [1.29, 1.82) is 0 Å². The molecule has 0 spiro atoms. The van der Waals surface area contributed by atoms with Gasteiger partial charge in [0.2, 0.25) is 0 Å². The van der Waals surface area contributed by atoms with Gasteiger partial charge in [0.15, 0.2) is 0 Å². The van der Waals surface area contributed by atoms with E-state index < -0.39 is 0 Å². The molecule has 0 amide bonds. The number of hydrogen-bond donors (Lipinski definition) is 0. The van der Waals surface area contributed by atoms with Crippen LogP contribution in [0.2, 0.25) is 0 Å². The number of hydrogen-bond acceptors (Lipinski definition) is 0. The topological polar surface area (TPSA) is 0 Å². The second-order valence-corrected chi connectivity index (χ2v) is 12.6. The second kappa shape index (κ2) is 7.77. The van der Waals surface area contributed by atoms with E-state index in [0.717, 1.165) is 41.4 Å². The average molecular weight is 385 g/mol. The van der Waals surface area contributed by atoms with E-state index in [1.165, 1.54) is 70.6 Å². The van der Waals surface area contributed by atoms with E-state index >= 15 is 0 Å². The Bertz CT molecular complexity index is 585. The monoisotopic (exact) mass is 384 g/mol. The molecule has 28 heavy (non-hydrogen) atoms. The first-order valence-electron chi connectivity index (χ1n) is 12.9. The van der Waals surface area contributed by atoms with Crippen LogP contribution in [0.15, 0.2) is 11.6 Å². The Morgan fingerprint density at radius 1 is 0.964 bits per heavy atom. The molecule has 8 atom stereocenters. The fourth-order valence-corrected chi connectivity index (χ4v) is 8.87. The van der Waals surface area contributed by atoms with Gasteiger partial charge in [0.1, 0.15) is 0 Å². The van der Waals surface area contributed by atoms with Crippen LogP contribution < -0.4 is 0 Å². The van der Waals surface area contributed by atoms with E-state index in [4.69, 9.17) is 0 Å². The van der Waals surface area contributed by atoms with Crippen molar-refractivity contribution < 1.29 is 0 Å². The standard InChI is InChI=1S/C28H48/c1-19(2)8-7-9-21(4)24-12-13-25-23-11-10-22-18-20(3)14-16-27(22,5)26(23)15-17-28(24,25)6/h10,19-21,23-26H,7-9,11-18H2,1-6H3/t20-,21+,23-,24?,25?,26?,27-,28+/m0/s1. The number of fused-ring (bicyclic) bond motifs is 5. The third-order valence-electron chi connectivity index (χ3n) is 10.6. The summed E-state index contributed by atoms with van der Waals surface area (Å²) < 4.78 is 0. The van der Waals surface area contributed by atoms with Crippen LogP contribution in [0.1, 0.15) is 112 Å². The quantitative estimate of drug-likeness (QED) is 0.416. The summed E-state index contributed by atoms with van der Waals surface area (Å²) in [4.78, 5) is 0. The molecule has 0 saturated heterocycles. The maximum absolute atomic E-state index is 2.75. The first-order valence-corrected chi connectivity index (χ1v) is 12.9. The minimum Gasteiger partial charge on any atom is -0.0845 e. The smallest absolute Gasteiger partial charge is 0.00851 e. The zero-order valence-electron chi connectivity index (χ0n) is 19.9. The van der Waals surface area contributed by atoms with Crippen LogP contribution in [0.25, 0.3) is 0 Å². The maximum atomic E-state index is 2.75. The highest BCUT2D eigenvalue weighted by atomic mass is 14.6. The van der Waals surface area contributed by atoms with E-state index in [1.807, 2.05) is 5.57 Å². The van der Waals surface area contributed by atoms with Crippen LogP contribution in [0.4, 0.5) is 0 Å². The SMILES string of the molecule is CC(C)CCC[C@@H](C)C1CCC2[C@@H]3CC=C4C[C@@H](C)CC[C@]4(C)C3CC[C@@]21C. The second-order valence-electron chi connectivity index (χ2n) is 12.6. The predicted octanol–water partition coefficient (Wildman–Crippen LogP) is 8.66. The van der Waals surface area contributed by atoms with E-state index in [-0.39, 0.29) is 0 Å². The summed E-state index contributed by atoms with van der Waals surface area (Å²) in [5, 5.41) is 0. The average Bonchev–Trinajstić information content (AvgIpc) is 2.99. The zero-order chi connectivity index (χ0) is 20.1. The molecule has 3 saturated carbocycles. The van der Waals surface area contributed by atoms with Crippen LogP contribution in [-0.2, 0) is 0 Å². The molecular formula is C28H48. The normalized spacial score (nSPS) is 46.5. The molecule has 0 nitrogen and oxygen atoms in total. The van der Waals surface area contributed by atoms with Crippen LogP contribution in [0.5, 0.6) is 0 Å². The molecule has 160 valence electrons. The van der Waals surface area contributed by atoms with Gasteiger partial charge in [0.25, 0.3) is 0 Å². The molecule has 0 heteroatoms. The summed E-state index contributed by atoms with van der Waals surface area (Å²) in [5.41, 5.74) is 3.06. The highest BCUT2D eigenvalue weighted by Gasteiger charge is 2.58. The van der Waals surface area contributed by atoms with Crippen molar-refractivity contribution in [2.75, 3.05) is 0 Å². The lowest BCUT2D eigenvalue weighted by molar-refractivity contribution is -0.0523. The van der Waals surface area contributed by atoms with Crippen molar-refractivity contribution in [2.45, 2.75) is 112 Å². The van der Waals surface area contributed by atoms with Gasteiger partial charge in [0, 0.05) is 0 Å². The van der Waals surface area contributed by atoms with Gasteiger partial charge < -0.3 is 0 Å². The van der Waals surface area contributed by atoms with Crippen LogP contribution in [0, 0.1) is 52.3 Å². The molecule has 0 N–H and O–H groups in total. The maximum Gasteiger partial charge on any atom is -0.00851 e. The van der Waals surface area contributed by atoms with Crippen molar-refractivity contribution in [3.05, 3.63) is 11.6 Å². The van der Waals surface area contributed by atoms with Crippen molar-refractivity contribution in [1.82, 2.24) is 0 Å². The van der Waals surface area contributed by atoms with Crippen molar-refractivity contribution in [3.63, 3.8) is 0 Å². The Labute approximate surface area is 176 Å². The predicted molar refractivity (Wildman–Crippen MR) is 122 cm³/mol. The molecule has 4 aliphatic rings. The lowest BCUT2D eigenvalue weighted by atomic mass is 9.46. The molecule has 0 heterocycles. The lowest BCUT2D eigenvalue weighted by Gasteiger charge is -2.58. The third kappa shape index (κ3) is 3.43. The Morgan fingerprint density at radius 2 is 1.75 bits per heavy atom. The molecule has 0 radical (unpaired) electrons. The Balaban J connectivity index is 1.49. The first kappa shape index (κ1) is 21.0. The Morgan fingerprint density at radius 3 is 2.50 bits per heavy atom. The fraction of sp³-hybridized carbons (Fsp3) is 0.929. The van der Waals surface area contributed by atoms with E-state index in [2.05, 4.69) is 47.6 Å². The zero-order valence-corrected chi connectivity index (χ0v) is 19.9. The van der Waals surface area contributed by atoms with Crippen molar-refractivity contribution >= 4 is 0 Å². The van der Waals surface area contributed by atoms with E-state index in [0.29, 0.717) is 10.8 Å². The molecule has 3 fully saturated rings. The summed E-state index contributed by atoms with van der Waals surface area (Å²) in [7, 11) is 0. The van der Waals surface area contributed by atoms with Gasteiger partial charge in [-0.25, -0.2) is 0 Å². The van der Waals surface area contributed by atoms with Crippen LogP contribution >= 0.6 is 0 Å². The summed E-state index contributed by atoms with van der Waals surface area (Å²) in [6.45, 7) is 15.3. The molecule has 3 unspecified atom stereocenters. The molecule has 0 aliphatic heterocycles. The summed E-state index contributed by atoms with van der Waals surface area (Å²) in [6.07, 6.45) is 19.0. The molecule has 0 aromatic heterocycles. The van der Waals surface area contributed by atoms with Gasteiger partial charge in [-0.15, -0.1) is 0 Å². The van der Waals surface area contributed by atoms with Gasteiger partial charge in [-0.2, -0.15) is 0 Å². The van der Waals surface area contributed by atoms with Crippen LogP contribution in [-0.4, -0.2) is 0 Å².